The zero-order valence-electron chi connectivity index (χ0n) is 11.8. The monoisotopic (exact) mass is 324 g/mol. The molecule has 0 amide bonds. The molecule has 0 saturated carbocycles. The summed E-state index contributed by atoms with van der Waals surface area (Å²) < 4.78 is 24.9. The molecular formula is C13H16N4O4S. The molecule has 0 unspecified atom stereocenters. The molecule has 1 fully saturated rings. The predicted octanol–water partition coefficient (Wildman–Crippen LogP) is 1.24. The standard InChI is InChI=1S/C13H16N4O4S/c18-17(19)10-1-2-11-12(7-10)16-13(15-11)22(20,21)8-9-3-5-14-6-4-9/h1-2,7,9,14H,3-6,8H2,(H,15,16). The number of nitrogens with one attached hydrogen (secondary N) is 2. The van der Waals surface area contributed by atoms with E-state index in [-0.39, 0.29) is 22.5 Å². The van der Waals surface area contributed by atoms with Crippen LogP contribution in [0.2, 0.25) is 0 Å². The summed E-state index contributed by atoms with van der Waals surface area (Å²) >= 11 is 0. The lowest BCUT2D eigenvalue weighted by Gasteiger charge is -2.21. The molecule has 22 heavy (non-hydrogen) atoms. The van der Waals surface area contributed by atoms with Gasteiger partial charge in [0, 0.05) is 12.1 Å². The van der Waals surface area contributed by atoms with Gasteiger partial charge in [-0.05, 0) is 37.9 Å². The molecule has 1 aliphatic heterocycles. The fourth-order valence-corrected chi connectivity index (χ4v) is 4.29. The predicted molar refractivity (Wildman–Crippen MR) is 80.4 cm³/mol. The molecule has 2 aromatic rings. The summed E-state index contributed by atoms with van der Waals surface area (Å²) in [5.74, 6) is 0.171. The van der Waals surface area contributed by atoms with E-state index in [9.17, 15) is 18.5 Å². The fourth-order valence-electron chi connectivity index (χ4n) is 2.67. The summed E-state index contributed by atoms with van der Waals surface area (Å²) in [6.45, 7) is 1.65. The Morgan fingerprint density at radius 1 is 1.32 bits per heavy atom. The van der Waals surface area contributed by atoms with E-state index in [2.05, 4.69) is 15.3 Å². The van der Waals surface area contributed by atoms with E-state index in [1.54, 1.807) is 0 Å². The number of non-ortho nitro benzene ring substituents is 1. The largest absolute Gasteiger partial charge is 0.329 e. The Kier molecular flexibility index (Phi) is 3.83. The molecule has 0 atom stereocenters. The Morgan fingerprint density at radius 3 is 2.73 bits per heavy atom. The Morgan fingerprint density at radius 2 is 2.05 bits per heavy atom. The molecule has 0 bridgehead atoms. The normalized spacial score (nSPS) is 16.9. The van der Waals surface area contributed by atoms with Crippen LogP contribution < -0.4 is 5.32 Å². The number of rotatable bonds is 4. The Balaban J connectivity index is 1.89. The second-order valence-electron chi connectivity index (χ2n) is 5.48. The smallest absolute Gasteiger partial charge is 0.271 e. The zero-order chi connectivity index (χ0) is 15.7. The maximum atomic E-state index is 12.4. The molecule has 2 heterocycles. The maximum absolute atomic E-state index is 12.4. The van der Waals surface area contributed by atoms with Crippen molar-refractivity contribution >= 4 is 26.6 Å². The number of sulfone groups is 1. The number of piperidine rings is 1. The van der Waals surface area contributed by atoms with Gasteiger partial charge in [0.15, 0.2) is 0 Å². The average molecular weight is 324 g/mol. The Hall–Kier alpha value is -2.00. The lowest BCUT2D eigenvalue weighted by atomic mass is 10.0. The molecular weight excluding hydrogens is 308 g/mol. The number of fused-ring (bicyclic) bond motifs is 1. The maximum Gasteiger partial charge on any atom is 0.271 e. The van der Waals surface area contributed by atoms with Crippen molar-refractivity contribution in [2.24, 2.45) is 5.92 Å². The third kappa shape index (κ3) is 2.95. The van der Waals surface area contributed by atoms with Crippen LogP contribution in [0.15, 0.2) is 23.4 Å². The highest BCUT2D eigenvalue weighted by Crippen LogP contribution is 2.23. The van der Waals surface area contributed by atoms with Crippen LogP contribution >= 0.6 is 0 Å². The van der Waals surface area contributed by atoms with E-state index >= 15 is 0 Å². The summed E-state index contributed by atoms with van der Waals surface area (Å²) in [5, 5.41) is 13.8. The number of benzene rings is 1. The minimum atomic E-state index is -3.52. The highest BCUT2D eigenvalue weighted by molar-refractivity contribution is 7.91. The van der Waals surface area contributed by atoms with E-state index in [1.165, 1.54) is 18.2 Å². The van der Waals surface area contributed by atoms with Crippen LogP contribution in [-0.4, -0.2) is 42.2 Å². The van der Waals surface area contributed by atoms with Gasteiger partial charge in [-0.1, -0.05) is 0 Å². The minimum Gasteiger partial charge on any atom is -0.329 e. The Labute approximate surface area is 127 Å². The van der Waals surface area contributed by atoms with Crippen LogP contribution in [0.3, 0.4) is 0 Å². The van der Waals surface area contributed by atoms with Crippen LogP contribution in [0.25, 0.3) is 11.0 Å². The number of nitro benzene ring substituents is 1. The van der Waals surface area contributed by atoms with E-state index in [4.69, 9.17) is 0 Å². The molecule has 9 heteroatoms. The lowest BCUT2D eigenvalue weighted by molar-refractivity contribution is -0.384. The van der Waals surface area contributed by atoms with Crippen molar-refractivity contribution in [1.82, 2.24) is 15.3 Å². The van der Waals surface area contributed by atoms with Gasteiger partial charge in [-0.2, -0.15) is 0 Å². The van der Waals surface area contributed by atoms with Crippen molar-refractivity contribution in [3.8, 4) is 0 Å². The minimum absolute atomic E-state index is 0.0522. The van der Waals surface area contributed by atoms with Crippen LogP contribution in [0.5, 0.6) is 0 Å². The summed E-state index contributed by atoms with van der Waals surface area (Å²) in [6, 6.07) is 4.06. The molecule has 1 aromatic heterocycles. The molecule has 1 aliphatic rings. The molecule has 0 spiro atoms. The van der Waals surface area contributed by atoms with E-state index in [1.807, 2.05) is 0 Å². The van der Waals surface area contributed by atoms with Crippen molar-refractivity contribution in [3.63, 3.8) is 0 Å². The first-order valence-corrected chi connectivity index (χ1v) is 8.68. The summed E-state index contributed by atoms with van der Waals surface area (Å²) in [7, 11) is -3.52. The number of nitro groups is 1. The topological polar surface area (TPSA) is 118 Å². The number of nitrogens with zero attached hydrogens (tertiary/aromatic N) is 2. The summed E-state index contributed by atoms with van der Waals surface area (Å²) in [5.41, 5.74) is 0.672. The lowest BCUT2D eigenvalue weighted by Crippen LogP contribution is -2.31. The van der Waals surface area contributed by atoms with Crippen molar-refractivity contribution in [2.75, 3.05) is 18.8 Å². The van der Waals surface area contributed by atoms with Gasteiger partial charge in [-0.15, -0.1) is 0 Å². The van der Waals surface area contributed by atoms with Crippen LogP contribution in [-0.2, 0) is 9.84 Å². The van der Waals surface area contributed by atoms with Crippen molar-refractivity contribution in [2.45, 2.75) is 18.0 Å². The SMILES string of the molecule is O=[N+]([O-])c1ccc2nc(S(=O)(=O)CC3CCNCC3)[nH]c2c1. The second-order valence-corrected chi connectivity index (χ2v) is 7.42. The van der Waals surface area contributed by atoms with Gasteiger partial charge < -0.3 is 10.3 Å². The molecule has 0 radical (unpaired) electrons. The van der Waals surface area contributed by atoms with E-state index in [0.717, 1.165) is 25.9 Å². The summed E-state index contributed by atoms with van der Waals surface area (Å²) in [6.07, 6.45) is 1.65. The fraction of sp³-hybridized carbons (Fsp3) is 0.462. The van der Waals surface area contributed by atoms with Crippen molar-refractivity contribution in [3.05, 3.63) is 28.3 Å². The molecule has 8 nitrogen and oxygen atoms in total. The highest BCUT2D eigenvalue weighted by Gasteiger charge is 2.26. The number of aromatic nitrogens is 2. The number of hydrogen-bond acceptors (Lipinski definition) is 6. The van der Waals surface area contributed by atoms with Gasteiger partial charge in [-0.25, -0.2) is 13.4 Å². The molecule has 1 saturated heterocycles. The van der Waals surface area contributed by atoms with E-state index in [0.29, 0.717) is 11.0 Å². The van der Waals surface area contributed by atoms with Gasteiger partial charge in [0.25, 0.3) is 5.69 Å². The van der Waals surface area contributed by atoms with E-state index < -0.39 is 14.8 Å². The quantitative estimate of drug-likeness (QED) is 0.645. The van der Waals surface area contributed by atoms with Crippen molar-refractivity contribution in [1.29, 1.82) is 0 Å². The van der Waals surface area contributed by atoms with Gasteiger partial charge in [0.05, 0.1) is 21.7 Å². The molecule has 1 aromatic carbocycles. The Bertz CT molecular complexity index is 809. The number of H-pyrrole nitrogens is 1. The van der Waals surface area contributed by atoms with Crippen LogP contribution in [0.4, 0.5) is 5.69 Å². The highest BCUT2D eigenvalue weighted by atomic mass is 32.2. The molecule has 2 N–H and O–H groups in total. The first-order valence-electron chi connectivity index (χ1n) is 7.03. The molecule has 0 aliphatic carbocycles. The van der Waals surface area contributed by atoms with Gasteiger partial charge >= 0.3 is 0 Å². The first kappa shape index (κ1) is 14.9. The van der Waals surface area contributed by atoms with Gasteiger partial charge in [0.1, 0.15) is 0 Å². The molecule has 3 rings (SSSR count). The third-order valence-corrected chi connectivity index (χ3v) is 5.56. The van der Waals surface area contributed by atoms with Crippen LogP contribution in [0, 0.1) is 16.0 Å². The first-order chi connectivity index (χ1) is 10.5. The zero-order valence-corrected chi connectivity index (χ0v) is 12.6. The average Bonchev–Trinajstić information content (AvgIpc) is 2.91. The second kappa shape index (κ2) is 5.65. The van der Waals surface area contributed by atoms with Gasteiger partial charge in [0.2, 0.25) is 15.0 Å². The number of aromatic amines is 1. The number of imidazole rings is 1. The third-order valence-electron chi connectivity index (χ3n) is 3.86. The van der Waals surface area contributed by atoms with Gasteiger partial charge in [-0.3, -0.25) is 10.1 Å². The van der Waals surface area contributed by atoms with Crippen molar-refractivity contribution < 1.29 is 13.3 Å². The van der Waals surface area contributed by atoms with Crippen LogP contribution in [0.1, 0.15) is 12.8 Å². The summed E-state index contributed by atoms with van der Waals surface area (Å²) in [4.78, 5) is 17.0. The number of hydrogen-bond donors (Lipinski definition) is 2. The molecule has 118 valence electrons.